The maximum absolute atomic E-state index is 5.79. The number of hydrogen-bond donors (Lipinski definition) is 1. The molecule has 0 unspecified atom stereocenters. The molecule has 1 aromatic carbocycles. The molecule has 3 heteroatoms. The van der Waals surface area contributed by atoms with E-state index in [9.17, 15) is 0 Å². The van der Waals surface area contributed by atoms with E-state index in [1.807, 2.05) is 0 Å². The van der Waals surface area contributed by atoms with Crippen LogP contribution in [0.1, 0.15) is 27.2 Å². The molecule has 0 bridgehead atoms. The molecule has 0 aromatic heterocycles. The molecule has 0 radical (unpaired) electrons. The molecule has 1 heterocycles. The average molecular weight is 262 g/mol. The second-order valence-electron chi connectivity index (χ2n) is 6.39. The summed E-state index contributed by atoms with van der Waals surface area (Å²) in [6.07, 6.45) is 1.08. The third-order valence-electron chi connectivity index (χ3n) is 3.44. The molecule has 106 valence electrons. The van der Waals surface area contributed by atoms with E-state index in [2.05, 4.69) is 55.3 Å². The first-order valence-electron chi connectivity index (χ1n) is 7.23. The number of anilines is 1. The van der Waals surface area contributed by atoms with Crippen molar-refractivity contribution in [1.82, 2.24) is 5.32 Å². The summed E-state index contributed by atoms with van der Waals surface area (Å²) in [7, 11) is 0. The number of benzene rings is 1. The number of rotatable bonds is 4. The lowest BCUT2D eigenvalue weighted by molar-refractivity contribution is 0.243. The lowest BCUT2D eigenvalue weighted by Crippen LogP contribution is -2.43. The Bertz CT molecular complexity index is 375. The van der Waals surface area contributed by atoms with E-state index >= 15 is 0 Å². The van der Waals surface area contributed by atoms with Crippen molar-refractivity contribution in [3.8, 4) is 5.75 Å². The highest BCUT2D eigenvalue weighted by Crippen LogP contribution is 2.22. The molecule has 1 aliphatic heterocycles. The van der Waals surface area contributed by atoms with E-state index in [0.717, 1.165) is 45.0 Å². The van der Waals surface area contributed by atoms with Gasteiger partial charge in [-0.15, -0.1) is 0 Å². The van der Waals surface area contributed by atoms with E-state index in [-0.39, 0.29) is 0 Å². The number of piperazine rings is 1. The normalized spacial score (nSPS) is 16.5. The Morgan fingerprint density at radius 3 is 2.32 bits per heavy atom. The van der Waals surface area contributed by atoms with E-state index < -0.39 is 0 Å². The fraction of sp³-hybridized carbons (Fsp3) is 0.625. The SMILES string of the molecule is CC(C)(C)CCOc1ccc(N2CCNCC2)cc1. The van der Waals surface area contributed by atoms with Crippen LogP contribution in [0.3, 0.4) is 0 Å². The van der Waals surface area contributed by atoms with Gasteiger partial charge in [0, 0.05) is 31.9 Å². The fourth-order valence-corrected chi connectivity index (χ4v) is 2.15. The van der Waals surface area contributed by atoms with Gasteiger partial charge in [-0.25, -0.2) is 0 Å². The zero-order valence-electron chi connectivity index (χ0n) is 12.4. The summed E-state index contributed by atoms with van der Waals surface area (Å²) in [5.41, 5.74) is 1.63. The maximum atomic E-state index is 5.79. The molecule has 0 saturated carbocycles. The molecule has 3 nitrogen and oxygen atoms in total. The molecule has 19 heavy (non-hydrogen) atoms. The van der Waals surface area contributed by atoms with Crippen LogP contribution >= 0.6 is 0 Å². The van der Waals surface area contributed by atoms with Crippen LogP contribution in [0.4, 0.5) is 5.69 Å². The van der Waals surface area contributed by atoms with Crippen LogP contribution in [0, 0.1) is 5.41 Å². The van der Waals surface area contributed by atoms with E-state index in [0.29, 0.717) is 5.41 Å². The highest BCUT2D eigenvalue weighted by atomic mass is 16.5. The molecule has 1 N–H and O–H groups in total. The lowest BCUT2D eigenvalue weighted by Gasteiger charge is -2.29. The summed E-state index contributed by atoms with van der Waals surface area (Å²) >= 11 is 0. The Morgan fingerprint density at radius 2 is 1.74 bits per heavy atom. The van der Waals surface area contributed by atoms with Gasteiger partial charge in [0.2, 0.25) is 0 Å². The summed E-state index contributed by atoms with van der Waals surface area (Å²) in [6, 6.07) is 8.50. The third kappa shape index (κ3) is 4.75. The second kappa shape index (κ2) is 6.29. The molecule has 1 fully saturated rings. The molecule has 1 aliphatic rings. The first-order chi connectivity index (χ1) is 9.04. The Hall–Kier alpha value is -1.22. The van der Waals surface area contributed by atoms with Crippen molar-refractivity contribution in [2.45, 2.75) is 27.2 Å². The summed E-state index contributed by atoms with van der Waals surface area (Å²) in [5.74, 6) is 0.975. The molecule has 0 atom stereocenters. The minimum atomic E-state index is 0.334. The van der Waals surface area contributed by atoms with Crippen molar-refractivity contribution < 1.29 is 4.74 Å². The highest BCUT2D eigenvalue weighted by molar-refractivity contribution is 5.49. The number of ether oxygens (including phenoxy) is 1. The molecular formula is C16H26N2O. The average Bonchev–Trinajstić information content (AvgIpc) is 2.39. The summed E-state index contributed by atoms with van der Waals surface area (Å²) < 4.78 is 5.79. The summed E-state index contributed by atoms with van der Waals surface area (Å²) in [5, 5.41) is 3.37. The van der Waals surface area contributed by atoms with Crippen molar-refractivity contribution in [2.75, 3.05) is 37.7 Å². The van der Waals surface area contributed by atoms with Crippen LogP contribution in [0.5, 0.6) is 5.75 Å². The van der Waals surface area contributed by atoms with Crippen molar-refractivity contribution in [3.63, 3.8) is 0 Å². The van der Waals surface area contributed by atoms with Crippen molar-refractivity contribution in [1.29, 1.82) is 0 Å². The molecular weight excluding hydrogens is 236 g/mol. The Labute approximate surface area is 116 Å². The Kier molecular flexibility index (Phi) is 4.70. The number of nitrogens with one attached hydrogen (secondary N) is 1. The Morgan fingerprint density at radius 1 is 1.11 bits per heavy atom. The third-order valence-corrected chi connectivity index (χ3v) is 3.44. The molecule has 0 amide bonds. The smallest absolute Gasteiger partial charge is 0.119 e. The largest absolute Gasteiger partial charge is 0.494 e. The van der Waals surface area contributed by atoms with Crippen LogP contribution in [0.2, 0.25) is 0 Å². The van der Waals surface area contributed by atoms with Crippen molar-refractivity contribution in [3.05, 3.63) is 24.3 Å². The van der Waals surface area contributed by atoms with Gasteiger partial charge >= 0.3 is 0 Å². The van der Waals surface area contributed by atoms with Gasteiger partial charge in [-0.05, 0) is 36.1 Å². The van der Waals surface area contributed by atoms with Gasteiger partial charge in [0.15, 0.2) is 0 Å². The highest BCUT2D eigenvalue weighted by Gasteiger charge is 2.11. The van der Waals surface area contributed by atoms with Gasteiger partial charge in [0.25, 0.3) is 0 Å². The van der Waals surface area contributed by atoms with Gasteiger partial charge in [-0.3, -0.25) is 0 Å². The first kappa shape index (κ1) is 14.2. The monoisotopic (exact) mass is 262 g/mol. The van der Waals surface area contributed by atoms with Crippen LogP contribution < -0.4 is 15.0 Å². The van der Waals surface area contributed by atoms with Crippen molar-refractivity contribution >= 4 is 5.69 Å². The predicted molar refractivity (Wildman–Crippen MR) is 81.1 cm³/mol. The number of hydrogen-bond acceptors (Lipinski definition) is 3. The van der Waals surface area contributed by atoms with Gasteiger partial charge in [-0.1, -0.05) is 20.8 Å². The minimum Gasteiger partial charge on any atom is -0.494 e. The maximum Gasteiger partial charge on any atom is 0.119 e. The predicted octanol–water partition coefficient (Wildman–Crippen LogP) is 2.91. The van der Waals surface area contributed by atoms with E-state index in [1.54, 1.807) is 0 Å². The van der Waals surface area contributed by atoms with Crippen LogP contribution in [-0.4, -0.2) is 32.8 Å². The topological polar surface area (TPSA) is 24.5 Å². The van der Waals surface area contributed by atoms with Crippen molar-refractivity contribution in [2.24, 2.45) is 5.41 Å². The molecule has 1 aromatic rings. The molecule has 0 aliphatic carbocycles. The van der Waals surface area contributed by atoms with Gasteiger partial charge in [0.05, 0.1) is 6.61 Å². The van der Waals surface area contributed by atoms with Gasteiger partial charge < -0.3 is 15.0 Å². The van der Waals surface area contributed by atoms with Crippen LogP contribution in [-0.2, 0) is 0 Å². The van der Waals surface area contributed by atoms with Gasteiger partial charge in [-0.2, -0.15) is 0 Å². The zero-order valence-corrected chi connectivity index (χ0v) is 12.4. The summed E-state index contributed by atoms with van der Waals surface area (Å²) in [4.78, 5) is 2.41. The van der Waals surface area contributed by atoms with E-state index in [4.69, 9.17) is 4.74 Å². The summed E-state index contributed by atoms with van der Waals surface area (Å²) in [6.45, 7) is 11.8. The van der Waals surface area contributed by atoms with E-state index in [1.165, 1.54) is 5.69 Å². The fourth-order valence-electron chi connectivity index (χ4n) is 2.15. The standard InChI is InChI=1S/C16H26N2O/c1-16(2,3)8-13-19-15-6-4-14(5-7-15)18-11-9-17-10-12-18/h4-7,17H,8-13H2,1-3H3. The zero-order chi connectivity index (χ0) is 13.7. The molecule has 0 spiro atoms. The van der Waals surface area contributed by atoms with Gasteiger partial charge in [0.1, 0.15) is 5.75 Å². The molecule has 2 rings (SSSR count). The molecule has 1 saturated heterocycles. The van der Waals surface area contributed by atoms with Crippen LogP contribution in [0.15, 0.2) is 24.3 Å². The lowest BCUT2D eigenvalue weighted by atomic mass is 9.93. The van der Waals surface area contributed by atoms with Crippen LogP contribution in [0.25, 0.3) is 0 Å². The first-order valence-corrected chi connectivity index (χ1v) is 7.23. The second-order valence-corrected chi connectivity index (χ2v) is 6.39. The number of nitrogens with zero attached hydrogens (tertiary/aromatic N) is 1. The minimum absolute atomic E-state index is 0.334. The Balaban J connectivity index is 1.84. The quantitative estimate of drug-likeness (QED) is 0.903.